The van der Waals surface area contributed by atoms with Gasteiger partial charge in [-0.25, -0.2) is 0 Å². The normalized spacial score (nSPS) is 10.4. The monoisotopic (exact) mass is 489 g/mol. The van der Waals surface area contributed by atoms with Gasteiger partial charge in [0.1, 0.15) is 0 Å². The fourth-order valence-electron chi connectivity index (χ4n) is 2.35. The zero-order chi connectivity index (χ0) is 15.5. The molecule has 0 amide bonds. The van der Waals surface area contributed by atoms with E-state index in [2.05, 4.69) is 36.4 Å². The molecule has 23 heavy (non-hydrogen) atoms. The van der Waals surface area contributed by atoms with Crippen molar-refractivity contribution in [3.8, 4) is 0 Å². The summed E-state index contributed by atoms with van der Waals surface area (Å²) in [7, 11) is 0. The first kappa shape index (κ1) is 19.0. The summed E-state index contributed by atoms with van der Waals surface area (Å²) in [5.74, 6) is 0. The van der Waals surface area contributed by atoms with Gasteiger partial charge in [-0.1, -0.05) is 0 Å². The average molecular weight is 490 g/mol. The number of benzene rings is 3. The van der Waals surface area contributed by atoms with Gasteiger partial charge in [0, 0.05) is 0 Å². The Morgan fingerprint density at radius 2 is 0.652 bits per heavy atom. The van der Waals surface area contributed by atoms with Crippen LogP contribution in [0.25, 0.3) is 0 Å². The van der Waals surface area contributed by atoms with Crippen LogP contribution < -0.4 is 10.7 Å². The quantitative estimate of drug-likeness (QED) is 0.472. The van der Waals surface area contributed by atoms with Crippen LogP contribution in [-0.2, 0) is 0 Å². The van der Waals surface area contributed by atoms with Crippen LogP contribution in [0.1, 0.15) is 0 Å². The Hall–Kier alpha value is -0.381. The topological polar surface area (TPSA) is 0 Å². The molecule has 0 bridgehead atoms. The average Bonchev–Trinajstić information content (AvgIpc) is 2.53. The van der Waals surface area contributed by atoms with E-state index in [1.165, 1.54) is 10.7 Å². The summed E-state index contributed by atoms with van der Waals surface area (Å²) in [6.07, 6.45) is 0. The van der Waals surface area contributed by atoms with E-state index in [4.69, 9.17) is 34.8 Å². The zero-order valence-corrected chi connectivity index (χ0v) is 17.9. The Balaban J connectivity index is 0.00000192. The summed E-state index contributed by atoms with van der Waals surface area (Å²) in [4.78, 5) is 0. The molecule has 5 heteroatoms. The molecule has 0 nitrogen and oxygen atoms in total. The van der Waals surface area contributed by atoms with Gasteiger partial charge >= 0.3 is 153 Å². The number of rotatable bonds is 3. The van der Waals surface area contributed by atoms with Crippen molar-refractivity contribution < 1.29 is 0 Å². The van der Waals surface area contributed by atoms with Gasteiger partial charge < -0.3 is 0 Å². The van der Waals surface area contributed by atoms with E-state index in [-0.39, 0.29) is 12.4 Å². The van der Waals surface area contributed by atoms with E-state index in [1.54, 1.807) is 0 Å². The van der Waals surface area contributed by atoms with Crippen LogP contribution in [-0.4, -0.2) is 19.8 Å². The third-order valence-electron chi connectivity index (χ3n) is 3.40. The Morgan fingerprint density at radius 1 is 0.435 bits per heavy atom. The maximum absolute atomic E-state index is 6.04. The Bertz CT molecular complexity index is 644. The van der Waals surface area contributed by atoms with Crippen molar-refractivity contribution in [3.63, 3.8) is 0 Å². The summed E-state index contributed by atoms with van der Waals surface area (Å²) in [6.45, 7) is 0. The van der Waals surface area contributed by atoms with Gasteiger partial charge in [-0.05, 0) is 0 Å². The fourth-order valence-corrected chi connectivity index (χ4v) is 9.86. The van der Waals surface area contributed by atoms with E-state index >= 15 is 0 Å². The number of halogens is 4. The minimum absolute atomic E-state index is 0. The molecule has 0 aromatic heterocycles. The molecule has 0 unspecified atom stereocenters. The van der Waals surface area contributed by atoms with E-state index < -0.39 is 19.8 Å². The minimum atomic E-state index is -2.24. The molecule has 3 aromatic rings. The Morgan fingerprint density at radius 3 is 0.870 bits per heavy atom. The third kappa shape index (κ3) is 4.80. The van der Waals surface area contributed by atoms with Crippen molar-refractivity contribution in [1.82, 2.24) is 0 Å². The Kier molecular flexibility index (Phi) is 7.12. The predicted octanol–water partition coefficient (Wildman–Crippen LogP) is 4.58. The number of hydrogen-bond acceptors (Lipinski definition) is 0. The molecule has 3 aromatic carbocycles. The van der Waals surface area contributed by atoms with Crippen molar-refractivity contribution in [3.05, 3.63) is 87.9 Å². The van der Waals surface area contributed by atoms with Crippen molar-refractivity contribution in [1.29, 1.82) is 0 Å². The molecule has 1 radical (unpaired) electrons. The molecule has 0 aliphatic carbocycles. The zero-order valence-electron chi connectivity index (χ0n) is 12.0. The molecular weight excluding hydrogens is 477 g/mol. The number of hydrogen-bond donors (Lipinski definition) is 0. The summed E-state index contributed by atoms with van der Waals surface area (Å²) in [6, 6.07) is 24.6. The van der Waals surface area contributed by atoms with E-state index in [1.807, 2.05) is 36.4 Å². The summed E-state index contributed by atoms with van der Waals surface area (Å²) < 4.78 is 4.12. The predicted molar refractivity (Wildman–Crippen MR) is 106 cm³/mol. The SMILES string of the molecule is Cl.Clc1cc[c]([Sn]([c]2ccc(Cl)cc2)[c]2ccc(Cl)cc2)cc1. The summed E-state index contributed by atoms with van der Waals surface area (Å²) >= 11 is 15.9. The van der Waals surface area contributed by atoms with Gasteiger partial charge in [-0.15, -0.1) is 12.4 Å². The van der Waals surface area contributed by atoms with Gasteiger partial charge in [0.05, 0.1) is 0 Å². The van der Waals surface area contributed by atoms with E-state index in [0.717, 1.165) is 15.1 Å². The van der Waals surface area contributed by atoms with Crippen molar-refractivity contribution in [2.75, 3.05) is 0 Å². The Labute approximate surface area is 164 Å². The van der Waals surface area contributed by atoms with Crippen molar-refractivity contribution >= 4 is 77.7 Å². The van der Waals surface area contributed by atoms with Gasteiger partial charge in [0.25, 0.3) is 0 Å². The second-order valence-electron chi connectivity index (χ2n) is 4.90. The first-order valence-electron chi connectivity index (χ1n) is 6.78. The van der Waals surface area contributed by atoms with Crippen molar-refractivity contribution in [2.24, 2.45) is 0 Å². The van der Waals surface area contributed by atoms with Crippen LogP contribution in [0.5, 0.6) is 0 Å². The molecule has 0 N–H and O–H groups in total. The van der Waals surface area contributed by atoms with E-state index in [0.29, 0.717) is 0 Å². The van der Waals surface area contributed by atoms with Crippen LogP contribution in [0.3, 0.4) is 0 Å². The van der Waals surface area contributed by atoms with E-state index in [9.17, 15) is 0 Å². The van der Waals surface area contributed by atoms with Crippen LogP contribution >= 0.6 is 47.2 Å². The molecule has 0 heterocycles. The van der Waals surface area contributed by atoms with Crippen LogP contribution in [0.15, 0.2) is 72.8 Å². The van der Waals surface area contributed by atoms with Gasteiger partial charge in [-0.2, -0.15) is 0 Å². The molecule has 0 fully saturated rings. The molecular formula is C18H13Cl4Sn. The van der Waals surface area contributed by atoms with Crippen LogP contribution in [0.2, 0.25) is 15.1 Å². The summed E-state index contributed by atoms with van der Waals surface area (Å²) in [5.41, 5.74) is 0. The van der Waals surface area contributed by atoms with Gasteiger partial charge in [-0.3, -0.25) is 0 Å². The molecule has 3 rings (SSSR count). The molecule has 0 aliphatic heterocycles. The van der Waals surface area contributed by atoms with Gasteiger partial charge in [0.15, 0.2) is 0 Å². The van der Waals surface area contributed by atoms with Crippen LogP contribution in [0.4, 0.5) is 0 Å². The second kappa shape index (κ2) is 8.64. The fraction of sp³-hybridized carbons (Fsp3) is 0. The second-order valence-corrected chi connectivity index (χ2v) is 13.3. The molecule has 0 saturated carbocycles. The maximum atomic E-state index is 6.04. The first-order valence-corrected chi connectivity index (χ1v) is 12.2. The van der Waals surface area contributed by atoms with Gasteiger partial charge in [0.2, 0.25) is 0 Å². The standard InChI is InChI=1S/3C6H4Cl.ClH.Sn/c3*7-6-4-2-1-3-5-6;;/h3*2-5H;1H;. The summed E-state index contributed by atoms with van der Waals surface area (Å²) in [5, 5.41) is 2.29. The molecule has 0 aliphatic rings. The third-order valence-corrected chi connectivity index (χ3v) is 12.0. The molecule has 0 atom stereocenters. The van der Waals surface area contributed by atoms with Crippen LogP contribution in [0, 0.1) is 0 Å². The van der Waals surface area contributed by atoms with Crippen molar-refractivity contribution in [2.45, 2.75) is 0 Å². The molecule has 0 spiro atoms. The molecule has 117 valence electrons. The molecule has 0 saturated heterocycles. The first-order chi connectivity index (χ1) is 10.6.